The molecule has 0 aliphatic carbocycles. The highest BCUT2D eigenvalue weighted by Crippen LogP contribution is 2.26. The molecular formula is C36H52O6. The van der Waals surface area contributed by atoms with E-state index >= 15 is 0 Å². The highest BCUT2D eigenvalue weighted by Gasteiger charge is 2.18. The Morgan fingerprint density at radius 2 is 1.43 bits per heavy atom. The molecule has 232 valence electrons. The summed E-state index contributed by atoms with van der Waals surface area (Å²) >= 11 is 0. The van der Waals surface area contributed by atoms with Gasteiger partial charge in [0.1, 0.15) is 6.10 Å². The fourth-order valence-electron chi connectivity index (χ4n) is 4.48. The lowest BCUT2D eigenvalue weighted by molar-refractivity contribution is -0.148. The average Bonchev–Trinajstić information content (AvgIpc) is 2.99. The molecule has 6 heteroatoms. The summed E-state index contributed by atoms with van der Waals surface area (Å²) in [6, 6.07) is 19.3. The first kappa shape index (κ1) is 36.5. The molecular weight excluding hydrogens is 528 g/mol. The third kappa shape index (κ3) is 14.9. The monoisotopic (exact) mass is 580 g/mol. The van der Waals surface area contributed by atoms with Crippen LogP contribution >= 0.6 is 0 Å². The van der Waals surface area contributed by atoms with E-state index < -0.39 is 5.97 Å². The van der Waals surface area contributed by atoms with Crippen LogP contribution in [-0.2, 0) is 23.8 Å². The first-order chi connectivity index (χ1) is 20.3. The zero-order chi connectivity index (χ0) is 31.2. The van der Waals surface area contributed by atoms with Gasteiger partial charge in [0.15, 0.2) is 0 Å². The van der Waals surface area contributed by atoms with Crippen LogP contribution in [0.1, 0.15) is 103 Å². The molecule has 0 aromatic heterocycles. The number of rotatable bonds is 18. The van der Waals surface area contributed by atoms with Crippen LogP contribution in [0, 0.1) is 5.92 Å². The van der Waals surface area contributed by atoms with Gasteiger partial charge in [0, 0.05) is 5.57 Å². The van der Waals surface area contributed by atoms with Crippen molar-refractivity contribution < 1.29 is 28.9 Å². The van der Waals surface area contributed by atoms with Crippen LogP contribution in [0.25, 0.3) is 11.6 Å². The summed E-state index contributed by atoms with van der Waals surface area (Å²) in [5.74, 6) is -0.355. The van der Waals surface area contributed by atoms with Gasteiger partial charge in [-0.2, -0.15) is 0 Å². The molecule has 0 saturated heterocycles. The summed E-state index contributed by atoms with van der Waals surface area (Å²) < 4.78 is 15.8. The Morgan fingerprint density at radius 1 is 0.810 bits per heavy atom. The van der Waals surface area contributed by atoms with E-state index in [9.17, 15) is 14.7 Å². The third-order valence-corrected chi connectivity index (χ3v) is 6.88. The van der Waals surface area contributed by atoms with E-state index in [1.165, 1.54) is 39.9 Å². The number of allylic oxidation sites excluding steroid dienone is 1. The molecule has 0 aliphatic rings. The number of carbonyl (C=O) groups excluding carboxylic acids is 1. The number of unbranched alkanes of at least 4 members (excludes halogenated alkanes) is 4. The molecule has 1 atom stereocenters. The van der Waals surface area contributed by atoms with E-state index in [1.54, 1.807) is 6.08 Å². The second kappa shape index (κ2) is 22.1. The summed E-state index contributed by atoms with van der Waals surface area (Å²) in [5.41, 5.74) is 2.64. The van der Waals surface area contributed by atoms with Crippen LogP contribution in [0.3, 0.4) is 0 Å². The minimum Gasteiger partial charge on any atom is -0.490 e. The van der Waals surface area contributed by atoms with E-state index in [2.05, 4.69) is 20.8 Å². The fraction of sp³-hybridized carbons (Fsp3) is 0.500. The lowest BCUT2D eigenvalue weighted by atomic mass is 9.97. The molecule has 2 rings (SSSR count). The number of carboxylic acids is 1. The molecule has 0 fully saturated rings. The summed E-state index contributed by atoms with van der Waals surface area (Å²) in [6.07, 6.45) is 12.1. The molecule has 0 aliphatic heterocycles. The maximum atomic E-state index is 12.2. The number of esters is 1. The Labute approximate surface area is 253 Å². The van der Waals surface area contributed by atoms with Crippen molar-refractivity contribution in [3.63, 3.8) is 0 Å². The largest absolute Gasteiger partial charge is 0.490 e. The Hall–Kier alpha value is -3.54. The summed E-state index contributed by atoms with van der Waals surface area (Å²) in [7, 11) is 2.92. The van der Waals surface area contributed by atoms with E-state index in [0.717, 1.165) is 61.1 Å². The van der Waals surface area contributed by atoms with E-state index in [-0.39, 0.29) is 23.6 Å². The van der Waals surface area contributed by atoms with Gasteiger partial charge in [0.2, 0.25) is 11.5 Å². The van der Waals surface area contributed by atoms with Gasteiger partial charge in [-0.25, -0.2) is 9.59 Å². The lowest BCUT2D eigenvalue weighted by Gasteiger charge is -2.16. The van der Waals surface area contributed by atoms with Gasteiger partial charge >= 0.3 is 11.9 Å². The molecule has 6 nitrogen and oxygen atoms in total. The molecule has 1 unspecified atom stereocenters. The van der Waals surface area contributed by atoms with E-state index in [4.69, 9.17) is 14.2 Å². The van der Waals surface area contributed by atoms with Crippen LogP contribution in [0.2, 0.25) is 0 Å². The number of benzene rings is 2. The fourth-order valence-corrected chi connectivity index (χ4v) is 4.48. The zero-order valence-electron chi connectivity index (χ0n) is 26.6. The number of carbonyl (C=O) groups is 2. The molecule has 0 radical (unpaired) electrons. The van der Waals surface area contributed by atoms with Crippen molar-refractivity contribution >= 4 is 23.6 Å². The van der Waals surface area contributed by atoms with Gasteiger partial charge in [0.25, 0.3) is 0 Å². The molecule has 0 bridgehead atoms. The minimum atomic E-state index is -1.00. The number of ether oxygens (including phenoxy) is 3. The van der Waals surface area contributed by atoms with Crippen LogP contribution in [-0.4, -0.2) is 37.4 Å². The predicted molar refractivity (Wildman–Crippen MR) is 172 cm³/mol. The normalized spacial score (nSPS) is 12.5. The number of hydrogen-bond donors (Lipinski definition) is 1. The Balaban J connectivity index is 0.000000420. The standard InChI is InChI=1S/2C18H26O3/c1-14(2)10-6-4-9-13-16(17(21-3)18(19)20)15-11-7-5-8-12-15;1-4-6-8-13-16(5-2)21-18(19)17(20-3)14-15-11-9-7-10-12-15/h5,7-8,11-12,14H,4,6,9-10,13H2,1-3H3,(H,19,20);7,9-12,14,16H,4-6,8,13H2,1-3H3. The summed E-state index contributed by atoms with van der Waals surface area (Å²) in [5, 5.41) is 9.30. The van der Waals surface area contributed by atoms with Crippen LogP contribution in [0.15, 0.2) is 72.2 Å². The third-order valence-electron chi connectivity index (χ3n) is 6.88. The zero-order valence-corrected chi connectivity index (χ0v) is 26.6. The number of methoxy groups -OCH3 is 2. The molecule has 42 heavy (non-hydrogen) atoms. The average molecular weight is 581 g/mol. The van der Waals surface area contributed by atoms with E-state index in [1.807, 2.05) is 67.6 Å². The first-order valence-corrected chi connectivity index (χ1v) is 15.3. The van der Waals surface area contributed by atoms with Crippen LogP contribution in [0.5, 0.6) is 0 Å². The number of aliphatic carboxylic acids is 1. The van der Waals surface area contributed by atoms with Gasteiger partial charge in [-0.05, 0) is 55.2 Å². The van der Waals surface area contributed by atoms with Crippen molar-refractivity contribution in [1.29, 1.82) is 0 Å². The van der Waals surface area contributed by atoms with E-state index in [0.29, 0.717) is 0 Å². The van der Waals surface area contributed by atoms with Crippen molar-refractivity contribution in [2.24, 2.45) is 5.92 Å². The maximum absolute atomic E-state index is 12.2. The molecule has 2 aromatic rings. The second-order valence-electron chi connectivity index (χ2n) is 10.7. The quantitative estimate of drug-likeness (QED) is 0.0819. The van der Waals surface area contributed by atoms with Crippen molar-refractivity contribution in [1.82, 2.24) is 0 Å². The number of carboxylic acid groups (broad SMARTS) is 1. The number of hydrogen-bond acceptors (Lipinski definition) is 5. The second-order valence-corrected chi connectivity index (χ2v) is 10.7. The van der Waals surface area contributed by atoms with Gasteiger partial charge in [-0.1, -0.05) is 120 Å². The summed E-state index contributed by atoms with van der Waals surface area (Å²) in [4.78, 5) is 23.5. The highest BCUT2D eigenvalue weighted by atomic mass is 16.6. The van der Waals surface area contributed by atoms with Crippen LogP contribution in [0.4, 0.5) is 0 Å². The Morgan fingerprint density at radius 3 is 1.95 bits per heavy atom. The van der Waals surface area contributed by atoms with Crippen molar-refractivity contribution in [2.45, 2.75) is 98.0 Å². The molecule has 0 heterocycles. The lowest BCUT2D eigenvalue weighted by Crippen LogP contribution is -2.19. The first-order valence-electron chi connectivity index (χ1n) is 15.3. The highest BCUT2D eigenvalue weighted by molar-refractivity contribution is 5.94. The van der Waals surface area contributed by atoms with Gasteiger partial charge in [0.05, 0.1) is 14.2 Å². The summed E-state index contributed by atoms with van der Waals surface area (Å²) in [6.45, 7) is 8.65. The Bertz CT molecular complexity index is 1070. The van der Waals surface area contributed by atoms with Crippen molar-refractivity contribution in [2.75, 3.05) is 14.2 Å². The van der Waals surface area contributed by atoms with Crippen LogP contribution < -0.4 is 0 Å². The molecule has 0 amide bonds. The predicted octanol–water partition coefficient (Wildman–Crippen LogP) is 9.31. The SMILES string of the molecule is CCCCCC(CC)OC(=O)C(=Cc1ccccc1)OC.COC(C(=O)O)=C(CCCCCC(C)C)c1ccccc1. The maximum Gasteiger partial charge on any atom is 0.373 e. The smallest absolute Gasteiger partial charge is 0.373 e. The Kier molecular flexibility index (Phi) is 19.2. The van der Waals surface area contributed by atoms with Gasteiger partial charge < -0.3 is 19.3 Å². The topological polar surface area (TPSA) is 82.1 Å². The molecule has 0 spiro atoms. The molecule has 2 aromatic carbocycles. The molecule has 1 N–H and O–H groups in total. The van der Waals surface area contributed by atoms with Crippen molar-refractivity contribution in [3.05, 3.63) is 83.3 Å². The van der Waals surface area contributed by atoms with Gasteiger partial charge in [-0.15, -0.1) is 0 Å². The molecule has 0 saturated carbocycles. The van der Waals surface area contributed by atoms with Crippen molar-refractivity contribution in [3.8, 4) is 0 Å². The van der Waals surface area contributed by atoms with Gasteiger partial charge in [-0.3, -0.25) is 0 Å². The minimum absolute atomic E-state index is 0.0293.